The molecule has 2 rings (SSSR count). The van der Waals surface area contributed by atoms with Gasteiger partial charge in [-0.1, -0.05) is 32.4 Å². The number of rotatable bonds is 5. The van der Waals surface area contributed by atoms with Crippen LogP contribution < -0.4 is 5.32 Å². The van der Waals surface area contributed by atoms with Crippen LogP contribution in [0.5, 0.6) is 0 Å². The predicted octanol–water partition coefficient (Wildman–Crippen LogP) is 4.80. The molecule has 19 heavy (non-hydrogen) atoms. The van der Waals surface area contributed by atoms with E-state index >= 15 is 0 Å². The van der Waals surface area contributed by atoms with E-state index in [2.05, 4.69) is 36.1 Å². The summed E-state index contributed by atoms with van der Waals surface area (Å²) in [5.41, 5.74) is 2.15. The second-order valence-corrected chi connectivity index (χ2v) is 6.38. The third kappa shape index (κ3) is 3.25. The highest BCUT2D eigenvalue weighted by atomic mass is 35.5. The molecule has 3 nitrogen and oxygen atoms in total. The van der Waals surface area contributed by atoms with E-state index < -0.39 is 0 Å². The van der Waals surface area contributed by atoms with Gasteiger partial charge in [0, 0.05) is 12.1 Å². The minimum atomic E-state index is 0.358. The number of nitrogens with zero attached hydrogens (tertiary/aromatic N) is 2. The lowest BCUT2D eigenvalue weighted by Crippen LogP contribution is -2.08. The number of nitrogens with one attached hydrogen (secondary N) is 1. The summed E-state index contributed by atoms with van der Waals surface area (Å²) in [7, 11) is 0. The standard InChI is InChI=1S/C14H18ClN3S/c1-4-7-16-14-12(9(2)3)13(17-8-18-14)10-5-6-11(15)19-10/h5-6,8-9H,4,7H2,1-3H3,(H,16,17,18). The second kappa shape index (κ2) is 6.35. The summed E-state index contributed by atoms with van der Waals surface area (Å²) in [6.07, 6.45) is 2.69. The van der Waals surface area contributed by atoms with Gasteiger partial charge in [0.25, 0.3) is 0 Å². The maximum absolute atomic E-state index is 6.03. The highest BCUT2D eigenvalue weighted by Gasteiger charge is 2.17. The van der Waals surface area contributed by atoms with Crippen LogP contribution in [0.15, 0.2) is 18.5 Å². The minimum absolute atomic E-state index is 0.358. The summed E-state index contributed by atoms with van der Waals surface area (Å²) in [6.45, 7) is 7.38. The van der Waals surface area contributed by atoms with Gasteiger partial charge < -0.3 is 5.32 Å². The number of thiophene rings is 1. The Kier molecular flexibility index (Phi) is 4.77. The molecule has 102 valence electrons. The first-order chi connectivity index (χ1) is 9.13. The summed E-state index contributed by atoms with van der Waals surface area (Å²) in [5.74, 6) is 1.29. The Hall–Kier alpha value is -1.13. The number of hydrogen-bond donors (Lipinski definition) is 1. The second-order valence-electron chi connectivity index (χ2n) is 4.67. The Labute approximate surface area is 123 Å². The van der Waals surface area contributed by atoms with Crippen molar-refractivity contribution < 1.29 is 0 Å². The van der Waals surface area contributed by atoms with Gasteiger partial charge in [-0.3, -0.25) is 0 Å². The van der Waals surface area contributed by atoms with Crippen molar-refractivity contribution in [3.63, 3.8) is 0 Å². The molecule has 0 saturated heterocycles. The van der Waals surface area contributed by atoms with E-state index in [0.29, 0.717) is 5.92 Å². The van der Waals surface area contributed by atoms with Crippen molar-refractivity contribution in [2.45, 2.75) is 33.1 Å². The van der Waals surface area contributed by atoms with Crippen LogP contribution >= 0.6 is 22.9 Å². The van der Waals surface area contributed by atoms with E-state index in [9.17, 15) is 0 Å². The molecule has 0 spiro atoms. The molecule has 0 bridgehead atoms. The summed E-state index contributed by atoms with van der Waals surface area (Å²) in [4.78, 5) is 9.93. The van der Waals surface area contributed by atoms with Gasteiger partial charge in [0.1, 0.15) is 12.1 Å². The van der Waals surface area contributed by atoms with Crippen LogP contribution in [0.4, 0.5) is 5.82 Å². The Morgan fingerprint density at radius 2 is 2.11 bits per heavy atom. The van der Waals surface area contributed by atoms with E-state index in [4.69, 9.17) is 11.6 Å². The molecule has 0 aliphatic rings. The van der Waals surface area contributed by atoms with Crippen molar-refractivity contribution in [1.29, 1.82) is 0 Å². The van der Waals surface area contributed by atoms with Gasteiger partial charge >= 0.3 is 0 Å². The zero-order valence-corrected chi connectivity index (χ0v) is 13.0. The topological polar surface area (TPSA) is 37.8 Å². The lowest BCUT2D eigenvalue weighted by atomic mass is 10.0. The molecule has 0 aliphatic heterocycles. The van der Waals surface area contributed by atoms with Gasteiger partial charge in [-0.05, 0) is 24.5 Å². The third-order valence-electron chi connectivity index (χ3n) is 2.81. The van der Waals surface area contributed by atoms with Crippen LogP contribution in [0.2, 0.25) is 4.34 Å². The summed E-state index contributed by atoms with van der Waals surface area (Å²) >= 11 is 7.58. The zero-order valence-electron chi connectivity index (χ0n) is 11.4. The van der Waals surface area contributed by atoms with Gasteiger partial charge in [-0.25, -0.2) is 9.97 Å². The van der Waals surface area contributed by atoms with E-state index in [1.54, 1.807) is 17.7 Å². The van der Waals surface area contributed by atoms with Crippen LogP contribution in [0.3, 0.4) is 0 Å². The monoisotopic (exact) mass is 295 g/mol. The largest absolute Gasteiger partial charge is 0.370 e. The number of halogens is 1. The number of anilines is 1. The van der Waals surface area contributed by atoms with Crippen LogP contribution in [0, 0.1) is 0 Å². The van der Waals surface area contributed by atoms with Gasteiger partial charge in [0.05, 0.1) is 14.9 Å². The predicted molar refractivity (Wildman–Crippen MR) is 83.2 cm³/mol. The lowest BCUT2D eigenvalue weighted by Gasteiger charge is -2.16. The maximum atomic E-state index is 6.03. The van der Waals surface area contributed by atoms with Crippen molar-refractivity contribution in [2.24, 2.45) is 0 Å². The average molecular weight is 296 g/mol. The van der Waals surface area contributed by atoms with E-state index in [1.165, 1.54) is 0 Å². The van der Waals surface area contributed by atoms with Gasteiger partial charge in [-0.15, -0.1) is 11.3 Å². The van der Waals surface area contributed by atoms with Gasteiger partial charge in [0.15, 0.2) is 0 Å². The fourth-order valence-corrected chi connectivity index (χ4v) is 3.02. The molecule has 0 amide bonds. The smallest absolute Gasteiger partial charge is 0.133 e. The molecule has 0 aromatic carbocycles. The van der Waals surface area contributed by atoms with Crippen LogP contribution in [0.25, 0.3) is 10.6 Å². The molecule has 2 aromatic rings. The molecule has 2 aromatic heterocycles. The summed E-state index contributed by atoms with van der Waals surface area (Å²) < 4.78 is 0.784. The molecule has 0 saturated carbocycles. The Balaban J connectivity index is 2.48. The van der Waals surface area contributed by atoms with Gasteiger partial charge in [0.2, 0.25) is 0 Å². The van der Waals surface area contributed by atoms with Crippen LogP contribution in [0.1, 0.15) is 38.7 Å². The molecular weight excluding hydrogens is 278 g/mol. The van der Waals surface area contributed by atoms with Crippen molar-refractivity contribution in [3.8, 4) is 10.6 Å². The van der Waals surface area contributed by atoms with E-state index in [-0.39, 0.29) is 0 Å². The Morgan fingerprint density at radius 3 is 2.68 bits per heavy atom. The molecular formula is C14H18ClN3S. The van der Waals surface area contributed by atoms with Crippen molar-refractivity contribution in [1.82, 2.24) is 9.97 Å². The first kappa shape index (κ1) is 14.3. The molecule has 1 N–H and O–H groups in total. The zero-order chi connectivity index (χ0) is 13.8. The fraction of sp³-hybridized carbons (Fsp3) is 0.429. The third-order valence-corrected chi connectivity index (χ3v) is 4.05. The van der Waals surface area contributed by atoms with Crippen molar-refractivity contribution in [2.75, 3.05) is 11.9 Å². The molecule has 5 heteroatoms. The highest BCUT2D eigenvalue weighted by Crippen LogP contribution is 2.36. The summed E-state index contributed by atoms with van der Waals surface area (Å²) in [5, 5.41) is 3.38. The fourth-order valence-electron chi connectivity index (χ4n) is 1.96. The van der Waals surface area contributed by atoms with Crippen molar-refractivity contribution >= 4 is 28.8 Å². The molecule has 0 atom stereocenters. The highest BCUT2D eigenvalue weighted by molar-refractivity contribution is 7.19. The van der Waals surface area contributed by atoms with Gasteiger partial charge in [-0.2, -0.15) is 0 Å². The maximum Gasteiger partial charge on any atom is 0.133 e. The molecule has 0 unspecified atom stereocenters. The number of hydrogen-bond acceptors (Lipinski definition) is 4. The summed E-state index contributed by atoms with van der Waals surface area (Å²) in [6, 6.07) is 3.93. The molecule has 0 radical (unpaired) electrons. The number of aromatic nitrogens is 2. The first-order valence-electron chi connectivity index (χ1n) is 6.48. The molecule has 0 aliphatic carbocycles. The van der Waals surface area contributed by atoms with Crippen molar-refractivity contribution in [3.05, 3.63) is 28.4 Å². The van der Waals surface area contributed by atoms with E-state index in [1.807, 2.05) is 12.1 Å². The molecule has 0 fully saturated rings. The minimum Gasteiger partial charge on any atom is -0.370 e. The quantitative estimate of drug-likeness (QED) is 0.860. The first-order valence-corrected chi connectivity index (χ1v) is 7.67. The Bertz CT molecular complexity index is 551. The van der Waals surface area contributed by atoms with E-state index in [0.717, 1.165) is 39.3 Å². The van der Waals surface area contributed by atoms with Crippen LogP contribution in [-0.4, -0.2) is 16.5 Å². The van der Waals surface area contributed by atoms with Crippen LogP contribution in [-0.2, 0) is 0 Å². The normalized spacial score (nSPS) is 11.0. The average Bonchev–Trinajstić information content (AvgIpc) is 2.82. The Morgan fingerprint density at radius 1 is 1.32 bits per heavy atom. The lowest BCUT2D eigenvalue weighted by molar-refractivity contribution is 0.845. The SMILES string of the molecule is CCCNc1ncnc(-c2ccc(Cl)s2)c1C(C)C. The molecule has 2 heterocycles.